The zero-order valence-electron chi connectivity index (χ0n) is 13.7. The van der Waals surface area contributed by atoms with Crippen molar-refractivity contribution in [2.24, 2.45) is 17.8 Å². The molecule has 1 aromatic rings. The minimum Gasteiger partial charge on any atom is -0.349 e. The summed E-state index contributed by atoms with van der Waals surface area (Å²) in [4.78, 5) is 12.5. The number of rotatable bonds is 3. The summed E-state index contributed by atoms with van der Waals surface area (Å²) in [6.07, 6.45) is 2.43. The largest absolute Gasteiger partial charge is 0.435 e. The first-order chi connectivity index (χ1) is 11.2. The van der Waals surface area contributed by atoms with Crippen LogP contribution in [0.25, 0.3) is 0 Å². The average Bonchev–Trinajstić information content (AvgIpc) is 2.77. The summed E-state index contributed by atoms with van der Waals surface area (Å²) in [6.45, 7) is 1.39. The molecule has 24 heavy (non-hydrogen) atoms. The molecular weight excluding hydrogens is 319 g/mol. The number of aromatic nitrogens is 2. The number of carbonyl (C=O) groups is 1. The fourth-order valence-electron chi connectivity index (χ4n) is 5.54. The molecular formula is C17H22F3N3O. The van der Waals surface area contributed by atoms with Crippen LogP contribution in [0.15, 0.2) is 6.07 Å². The van der Waals surface area contributed by atoms with Gasteiger partial charge in [-0.2, -0.15) is 18.3 Å². The lowest BCUT2D eigenvalue weighted by molar-refractivity contribution is -0.142. The Morgan fingerprint density at radius 2 is 1.79 bits per heavy atom. The van der Waals surface area contributed by atoms with E-state index in [1.807, 2.05) is 0 Å². The second-order valence-electron chi connectivity index (χ2n) is 8.07. The van der Waals surface area contributed by atoms with E-state index in [1.165, 1.54) is 19.3 Å². The van der Waals surface area contributed by atoms with Crippen LogP contribution < -0.4 is 5.32 Å². The van der Waals surface area contributed by atoms with Crippen LogP contribution in [-0.4, -0.2) is 21.2 Å². The number of nitrogens with zero attached hydrogens (tertiary/aromatic N) is 2. The van der Waals surface area contributed by atoms with Gasteiger partial charge < -0.3 is 5.32 Å². The second kappa shape index (κ2) is 5.23. The first-order valence-corrected chi connectivity index (χ1v) is 8.65. The third-order valence-electron chi connectivity index (χ3n) is 6.01. The highest BCUT2D eigenvalue weighted by Crippen LogP contribution is 2.55. The number of nitrogens with one attached hydrogen (secondary N) is 1. The lowest BCUT2D eigenvalue weighted by Gasteiger charge is -2.56. The molecule has 0 atom stereocenters. The van der Waals surface area contributed by atoms with Gasteiger partial charge in [0.25, 0.3) is 0 Å². The van der Waals surface area contributed by atoms with E-state index in [0.717, 1.165) is 30.0 Å². The molecule has 4 aliphatic rings. The third kappa shape index (κ3) is 2.82. The van der Waals surface area contributed by atoms with Crippen molar-refractivity contribution in [1.82, 2.24) is 15.1 Å². The van der Waals surface area contributed by atoms with Gasteiger partial charge in [0.05, 0.1) is 0 Å². The predicted molar refractivity (Wildman–Crippen MR) is 81.0 cm³/mol. The first kappa shape index (κ1) is 16.0. The number of carbonyl (C=O) groups excluding carboxylic acids is 1. The molecule has 4 fully saturated rings. The summed E-state index contributed by atoms with van der Waals surface area (Å²) in [5, 5.41) is 6.71. The molecule has 0 saturated heterocycles. The quantitative estimate of drug-likeness (QED) is 0.917. The van der Waals surface area contributed by atoms with E-state index < -0.39 is 11.9 Å². The van der Waals surface area contributed by atoms with Crippen LogP contribution in [-0.2, 0) is 17.5 Å². The van der Waals surface area contributed by atoms with Gasteiger partial charge in [0, 0.05) is 11.2 Å². The van der Waals surface area contributed by atoms with Crippen LogP contribution in [0.2, 0.25) is 0 Å². The summed E-state index contributed by atoms with van der Waals surface area (Å²) >= 11 is 0. The summed E-state index contributed by atoms with van der Waals surface area (Å²) in [6, 6.07) is 0.984. The molecule has 1 amide bonds. The Hall–Kier alpha value is -1.53. The van der Waals surface area contributed by atoms with Crippen molar-refractivity contribution in [3.05, 3.63) is 17.5 Å². The Kier molecular flexibility index (Phi) is 3.48. The van der Waals surface area contributed by atoms with Crippen molar-refractivity contribution >= 4 is 5.91 Å². The van der Waals surface area contributed by atoms with Gasteiger partial charge in [0.2, 0.25) is 5.91 Å². The smallest absolute Gasteiger partial charge is 0.349 e. The minimum absolute atomic E-state index is 0.125. The van der Waals surface area contributed by atoms with E-state index in [4.69, 9.17) is 0 Å². The minimum atomic E-state index is -4.48. The molecule has 132 valence electrons. The van der Waals surface area contributed by atoms with Crippen LogP contribution in [0.1, 0.15) is 49.9 Å². The van der Waals surface area contributed by atoms with E-state index >= 15 is 0 Å². The molecule has 0 unspecified atom stereocenters. The number of alkyl halides is 3. The van der Waals surface area contributed by atoms with Gasteiger partial charge in [-0.15, -0.1) is 0 Å². The molecule has 1 aromatic heterocycles. The lowest BCUT2D eigenvalue weighted by atomic mass is 9.53. The molecule has 0 radical (unpaired) electrons. The van der Waals surface area contributed by atoms with E-state index in [2.05, 4.69) is 10.4 Å². The molecule has 7 heteroatoms. The SMILES string of the molecule is Cc1cc(C(F)(F)F)nn1CC(=O)NC12CC3CC(CC(C3)C1)C2. The molecule has 0 spiro atoms. The molecule has 4 bridgehead atoms. The Bertz CT molecular complexity index is 629. The van der Waals surface area contributed by atoms with Crippen molar-refractivity contribution in [3.8, 4) is 0 Å². The summed E-state index contributed by atoms with van der Waals surface area (Å²) in [5.74, 6) is 1.90. The van der Waals surface area contributed by atoms with Crippen LogP contribution in [0.3, 0.4) is 0 Å². The lowest BCUT2D eigenvalue weighted by Crippen LogP contribution is -2.60. The summed E-state index contributed by atoms with van der Waals surface area (Å²) in [5.41, 5.74) is -0.717. The maximum atomic E-state index is 12.7. The molecule has 4 aliphatic carbocycles. The van der Waals surface area contributed by atoms with Crippen molar-refractivity contribution < 1.29 is 18.0 Å². The zero-order chi connectivity index (χ0) is 17.1. The summed E-state index contributed by atoms with van der Waals surface area (Å²) in [7, 11) is 0. The number of aryl methyl sites for hydroxylation is 1. The number of hydrogen-bond acceptors (Lipinski definition) is 2. The van der Waals surface area contributed by atoms with Gasteiger partial charge in [-0.05, 0) is 69.3 Å². The standard InChI is InChI=1S/C17H22F3N3O/c1-10-2-14(17(18,19)20)22-23(10)9-15(24)21-16-6-11-3-12(7-16)5-13(4-11)8-16/h2,11-13H,3-9H2,1H3,(H,21,24). The molecule has 1 heterocycles. The average molecular weight is 341 g/mol. The number of hydrogen-bond donors (Lipinski definition) is 1. The van der Waals surface area contributed by atoms with Crippen LogP contribution in [0, 0.1) is 24.7 Å². The Morgan fingerprint density at radius 3 is 2.25 bits per heavy atom. The number of halogens is 3. The highest BCUT2D eigenvalue weighted by atomic mass is 19.4. The second-order valence-corrected chi connectivity index (χ2v) is 8.07. The van der Waals surface area contributed by atoms with E-state index in [0.29, 0.717) is 23.4 Å². The van der Waals surface area contributed by atoms with Gasteiger partial charge in [-0.3, -0.25) is 9.48 Å². The molecule has 0 aliphatic heterocycles. The monoisotopic (exact) mass is 341 g/mol. The molecule has 0 aromatic carbocycles. The van der Waals surface area contributed by atoms with Crippen molar-refractivity contribution in [3.63, 3.8) is 0 Å². The fourth-order valence-corrected chi connectivity index (χ4v) is 5.54. The van der Waals surface area contributed by atoms with Gasteiger partial charge >= 0.3 is 6.18 Å². The number of amides is 1. The molecule has 4 nitrogen and oxygen atoms in total. The van der Waals surface area contributed by atoms with E-state index in [1.54, 1.807) is 6.92 Å². The van der Waals surface area contributed by atoms with Crippen LogP contribution in [0.5, 0.6) is 0 Å². The van der Waals surface area contributed by atoms with Gasteiger partial charge in [0.15, 0.2) is 5.69 Å². The van der Waals surface area contributed by atoms with Gasteiger partial charge in [-0.25, -0.2) is 0 Å². The van der Waals surface area contributed by atoms with Crippen molar-refractivity contribution in [1.29, 1.82) is 0 Å². The third-order valence-corrected chi connectivity index (χ3v) is 6.01. The van der Waals surface area contributed by atoms with Crippen LogP contribution >= 0.6 is 0 Å². The van der Waals surface area contributed by atoms with Crippen LogP contribution in [0.4, 0.5) is 13.2 Å². The topological polar surface area (TPSA) is 46.9 Å². The Balaban J connectivity index is 1.45. The highest BCUT2D eigenvalue weighted by molar-refractivity contribution is 5.76. The maximum Gasteiger partial charge on any atom is 0.435 e. The highest BCUT2D eigenvalue weighted by Gasteiger charge is 2.51. The Morgan fingerprint density at radius 1 is 1.25 bits per heavy atom. The normalized spacial score (nSPS) is 34.6. The van der Waals surface area contributed by atoms with E-state index in [-0.39, 0.29) is 18.0 Å². The molecule has 4 saturated carbocycles. The zero-order valence-corrected chi connectivity index (χ0v) is 13.7. The Labute approximate surface area is 138 Å². The van der Waals surface area contributed by atoms with Gasteiger partial charge in [0.1, 0.15) is 6.54 Å². The maximum absolute atomic E-state index is 12.7. The van der Waals surface area contributed by atoms with Gasteiger partial charge in [-0.1, -0.05) is 0 Å². The predicted octanol–water partition coefficient (Wildman–Crippen LogP) is 3.30. The molecule has 1 N–H and O–H groups in total. The molecule has 5 rings (SSSR count). The fraction of sp³-hybridized carbons (Fsp3) is 0.765. The summed E-state index contributed by atoms with van der Waals surface area (Å²) < 4.78 is 39.3. The van der Waals surface area contributed by atoms with E-state index in [9.17, 15) is 18.0 Å². The van der Waals surface area contributed by atoms with Crippen molar-refractivity contribution in [2.45, 2.75) is 63.7 Å². The van der Waals surface area contributed by atoms with Crippen molar-refractivity contribution in [2.75, 3.05) is 0 Å². The first-order valence-electron chi connectivity index (χ1n) is 8.65.